The highest BCUT2D eigenvalue weighted by Crippen LogP contribution is 2.10. The van der Waals surface area contributed by atoms with Crippen molar-refractivity contribution in [2.75, 3.05) is 13.2 Å². The molecule has 1 aromatic carbocycles. The number of alkyl halides is 1. The second-order valence-corrected chi connectivity index (χ2v) is 5.67. The van der Waals surface area contributed by atoms with Crippen LogP contribution in [0.2, 0.25) is 0 Å². The van der Waals surface area contributed by atoms with Crippen LogP contribution in [0.3, 0.4) is 0 Å². The van der Waals surface area contributed by atoms with Gasteiger partial charge in [-0.3, -0.25) is 0 Å². The maximum Gasteiger partial charge on any atom is 0.240 e. The Morgan fingerprint density at radius 2 is 1.94 bits per heavy atom. The van der Waals surface area contributed by atoms with Crippen LogP contribution in [0.4, 0.5) is 4.39 Å². The fourth-order valence-electron chi connectivity index (χ4n) is 1.24. The van der Waals surface area contributed by atoms with Gasteiger partial charge in [-0.15, -0.1) is 0 Å². The maximum absolute atomic E-state index is 11.9. The lowest BCUT2D eigenvalue weighted by Crippen LogP contribution is -2.25. The van der Waals surface area contributed by atoms with Crippen LogP contribution in [-0.2, 0) is 16.4 Å². The summed E-state index contributed by atoms with van der Waals surface area (Å²) in [6.07, 6.45) is 0.424. The molecule has 0 aromatic heterocycles. The Bertz CT molecular complexity index is 486. The number of sulfonamides is 1. The van der Waals surface area contributed by atoms with Gasteiger partial charge in [0.15, 0.2) is 0 Å². The minimum absolute atomic E-state index is 0.0950. The highest BCUT2D eigenvalue weighted by molar-refractivity contribution is 7.89. The number of thiocarbonyl (C=S) groups is 1. The summed E-state index contributed by atoms with van der Waals surface area (Å²) in [7, 11) is -3.62. The third kappa shape index (κ3) is 4.37. The number of nitrogens with one attached hydrogen (secondary N) is 1. The van der Waals surface area contributed by atoms with Crippen LogP contribution in [-0.4, -0.2) is 26.6 Å². The van der Waals surface area contributed by atoms with Gasteiger partial charge in [-0.05, 0) is 17.7 Å². The van der Waals surface area contributed by atoms with E-state index < -0.39 is 16.7 Å². The first-order valence-corrected chi connectivity index (χ1v) is 6.78. The fourth-order valence-corrected chi connectivity index (χ4v) is 2.42. The Labute approximate surface area is 105 Å². The molecule has 1 rings (SSSR count). The van der Waals surface area contributed by atoms with Crippen LogP contribution in [0, 0.1) is 0 Å². The summed E-state index contributed by atoms with van der Waals surface area (Å²) in [5, 5.41) is 0. The summed E-state index contributed by atoms with van der Waals surface area (Å²) in [6.45, 7) is -0.963. The summed E-state index contributed by atoms with van der Waals surface area (Å²) in [5.41, 5.74) is 6.21. The van der Waals surface area contributed by atoms with Crippen molar-refractivity contribution in [2.24, 2.45) is 5.73 Å². The van der Waals surface area contributed by atoms with E-state index in [4.69, 9.17) is 18.0 Å². The third-order valence-electron chi connectivity index (χ3n) is 2.00. The second kappa shape index (κ2) is 6.04. The number of hydrogen-bond donors (Lipinski definition) is 2. The molecule has 3 N–H and O–H groups in total. The highest BCUT2D eigenvalue weighted by atomic mass is 32.2. The third-order valence-corrected chi connectivity index (χ3v) is 3.62. The van der Waals surface area contributed by atoms with Crippen molar-refractivity contribution in [3.05, 3.63) is 29.8 Å². The Hall–Kier alpha value is -1.05. The number of benzene rings is 1. The zero-order valence-electron chi connectivity index (χ0n) is 9.02. The Balaban J connectivity index is 2.83. The number of nitrogens with two attached hydrogens (primary N) is 1. The summed E-state index contributed by atoms with van der Waals surface area (Å²) in [4.78, 5) is 0.439. The van der Waals surface area contributed by atoms with Crippen LogP contribution < -0.4 is 10.5 Å². The molecule has 0 spiro atoms. The van der Waals surface area contributed by atoms with E-state index in [1.807, 2.05) is 0 Å². The molecule has 94 valence electrons. The molecule has 0 heterocycles. The average molecular weight is 276 g/mol. The molecule has 1 aromatic rings. The summed E-state index contributed by atoms with van der Waals surface area (Å²) >= 11 is 4.75. The van der Waals surface area contributed by atoms with Crippen LogP contribution in [0.25, 0.3) is 0 Å². The molecule has 4 nitrogen and oxygen atoms in total. The van der Waals surface area contributed by atoms with Gasteiger partial charge in [-0.25, -0.2) is 17.5 Å². The van der Waals surface area contributed by atoms with E-state index in [2.05, 4.69) is 4.72 Å². The zero-order chi connectivity index (χ0) is 12.9. The van der Waals surface area contributed by atoms with Gasteiger partial charge in [0.1, 0.15) is 6.67 Å². The number of hydrogen-bond acceptors (Lipinski definition) is 3. The molecule has 7 heteroatoms. The molecule has 0 aliphatic carbocycles. The van der Waals surface area contributed by atoms with E-state index in [9.17, 15) is 12.8 Å². The lowest BCUT2D eigenvalue weighted by molar-refractivity contribution is 0.486. The Morgan fingerprint density at radius 3 is 2.41 bits per heavy atom. The van der Waals surface area contributed by atoms with E-state index >= 15 is 0 Å². The van der Waals surface area contributed by atoms with Gasteiger partial charge in [0, 0.05) is 13.0 Å². The molecule has 0 aliphatic rings. The van der Waals surface area contributed by atoms with Crippen LogP contribution in [0.15, 0.2) is 29.2 Å². The standard InChI is InChI=1S/C10H13FN2O2S2/c11-5-6-13-17(14,15)9-3-1-8(2-4-9)7-10(12)16/h1-4,13H,5-7H2,(H2,12,16). The SMILES string of the molecule is NC(=S)Cc1ccc(S(=O)(=O)NCCF)cc1. The van der Waals surface area contributed by atoms with E-state index in [0.29, 0.717) is 11.4 Å². The minimum atomic E-state index is -3.62. The Morgan fingerprint density at radius 1 is 1.35 bits per heavy atom. The van der Waals surface area contributed by atoms with Crippen LogP contribution in [0.1, 0.15) is 5.56 Å². The molecule has 0 amide bonds. The van der Waals surface area contributed by atoms with Gasteiger partial charge in [0.2, 0.25) is 10.0 Å². The van der Waals surface area contributed by atoms with Crippen molar-refractivity contribution in [1.82, 2.24) is 4.72 Å². The zero-order valence-corrected chi connectivity index (χ0v) is 10.7. The molecule has 17 heavy (non-hydrogen) atoms. The summed E-state index contributed by atoms with van der Waals surface area (Å²) < 4.78 is 37.2. The first-order chi connectivity index (χ1) is 7.95. The molecule has 0 radical (unpaired) electrons. The fraction of sp³-hybridized carbons (Fsp3) is 0.300. The van der Waals surface area contributed by atoms with E-state index in [1.54, 1.807) is 12.1 Å². The van der Waals surface area contributed by atoms with E-state index in [1.165, 1.54) is 12.1 Å². The first kappa shape index (κ1) is 14.0. The smallest absolute Gasteiger partial charge is 0.240 e. The molecule has 0 bridgehead atoms. The molecular formula is C10H13FN2O2S2. The van der Waals surface area contributed by atoms with Crippen molar-refractivity contribution in [3.8, 4) is 0 Å². The molecule has 0 unspecified atom stereocenters. The van der Waals surface area contributed by atoms with Crippen molar-refractivity contribution in [3.63, 3.8) is 0 Å². The first-order valence-electron chi connectivity index (χ1n) is 4.88. The van der Waals surface area contributed by atoms with Crippen molar-refractivity contribution < 1.29 is 12.8 Å². The van der Waals surface area contributed by atoms with Crippen molar-refractivity contribution in [1.29, 1.82) is 0 Å². The molecule has 0 saturated carbocycles. The maximum atomic E-state index is 11.9. The molecule has 0 aliphatic heterocycles. The summed E-state index contributed by atoms with van der Waals surface area (Å²) in [5.74, 6) is 0. The van der Waals surface area contributed by atoms with Gasteiger partial charge in [0.05, 0.1) is 9.88 Å². The molecular weight excluding hydrogens is 263 g/mol. The monoisotopic (exact) mass is 276 g/mol. The van der Waals surface area contributed by atoms with Crippen LogP contribution >= 0.6 is 12.2 Å². The normalized spacial score (nSPS) is 11.4. The predicted molar refractivity (Wildman–Crippen MR) is 68.1 cm³/mol. The molecule has 0 fully saturated rings. The van der Waals surface area contributed by atoms with E-state index in [-0.39, 0.29) is 11.4 Å². The number of halogens is 1. The topological polar surface area (TPSA) is 72.2 Å². The Kier molecular flexibility index (Phi) is 4.98. The van der Waals surface area contributed by atoms with Gasteiger partial charge in [-0.1, -0.05) is 24.4 Å². The highest BCUT2D eigenvalue weighted by Gasteiger charge is 2.12. The van der Waals surface area contributed by atoms with Crippen LogP contribution in [0.5, 0.6) is 0 Å². The lowest BCUT2D eigenvalue weighted by atomic mass is 10.1. The predicted octanol–water partition coefficient (Wildman–Crippen LogP) is 0.763. The number of rotatable bonds is 6. The van der Waals surface area contributed by atoms with Gasteiger partial charge in [0.25, 0.3) is 0 Å². The average Bonchev–Trinajstić information content (AvgIpc) is 2.26. The second-order valence-electron chi connectivity index (χ2n) is 3.37. The molecule has 0 atom stereocenters. The van der Waals surface area contributed by atoms with Crippen molar-refractivity contribution >= 4 is 27.2 Å². The molecule has 0 saturated heterocycles. The quantitative estimate of drug-likeness (QED) is 0.753. The minimum Gasteiger partial charge on any atom is -0.393 e. The van der Waals surface area contributed by atoms with Gasteiger partial charge >= 0.3 is 0 Å². The van der Waals surface area contributed by atoms with Crippen molar-refractivity contribution in [2.45, 2.75) is 11.3 Å². The van der Waals surface area contributed by atoms with Gasteiger partial charge in [-0.2, -0.15) is 0 Å². The summed E-state index contributed by atoms with van der Waals surface area (Å²) in [6, 6.07) is 6.13. The van der Waals surface area contributed by atoms with Gasteiger partial charge < -0.3 is 5.73 Å². The van der Waals surface area contributed by atoms with E-state index in [0.717, 1.165) is 5.56 Å². The lowest BCUT2D eigenvalue weighted by Gasteiger charge is -2.06. The largest absolute Gasteiger partial charge is 0.393 e.